The number of fused-ring (bicyclic) bond motifs is 1. The Balaban J connectivity index is 1.42. The molecular formula is C23H19N5O4. The van der Waals surface area contributed by atoms with Crippen LogP contribution in [-0.2, 0) is 9.53 Å². The molecule has 2 aromatic carbocycles. The normalized spacial score (nSPS) is 10.5. The van der Waals surface area contributed by atoms with Gasteiger partial charge in [0.15, 0.2) is 12.3 Å². The van der Waals surface area contributed by atoms with Crippen molar-refractivity contribution in [3.05, 3.63) is 84.2 Å². The first-order valence-corrected chi connectivity index (χ1v) is 9.74. The first kappa shape index (κ1) is 20.7. The van der Waals surface area contributed by atoms with E-state index in [-0.39, 0.29) is 11.5 Å². The number of carbonyl (C=O) groups is 3. The average Bonchev–Trinajstić information content (AvgIpc) is 3.27. The van der Waals surface area contributed by atoms with Crippen LogP contribution in [0.4, 0.5) is 5.69 Å². The van der Waals surface area contributed by atoms with E-state index in [1.54, 1.807) is 41.0 Å². The number of anilines is 1. The molecule has 0 aliphatic heterocycles. The SMILES string of the molecule is CNC(=O)c1ccc(NC(=O)COC(=O)c2cnn3c(-c4ccccc4)ccnc23)cc1. The van der Waals surface area contributed by atoms with Gasteiger partial charge in [0.05, 0.1) is 11.9 Å². The van der Waals surface area contributed by atoms with Gasteiger partial charge >= 0.3 is 5.97 Å². The highest BCUT2D eigenvalue weighted by molar-refractivity contribution is 5.99. The van der Waals surface area contributed by atoms with Crippen molar-refractivity contribution >= 4 is 29.1 Å². The van der Waals surface area contributed by atoms with Gasteiger partial charge in [-0.1, -0.05) is 30.3 Å². The molecule has 0 atom stereocenters. The molecule has 0 aliphatic carbocycles. The zero-order valence-electron chi connectivity index (χ0n) is 17.1. The summed E-state index contributed by atoms with van der Waals surface area (Å²) in [6.45, 7) is -0.480. The molecule has 2 amide bonds. The highest BCUT2D eigenvalue weighted by Crippen LogP contribution is 2.21. The van der Waals surface area contributed by atoms with Crippen LogP contribution in [0.2, 0.25) is 0 Å². The maximum absolute atomic E-state index is 12.5. The van der Waals surface area contributed by atoms with Crippen LogP contribution >= 0.6 is 0 Å². The zero-order valence-corrected chi connectivity index (χ0v) is 17.1. The van der Waals surface area contributed by atoms with Crippen LogP contribution < -0.4 is 10.6 Å². The van der Waals surface area contributed by atoms with Gasteiger partial charge in [0.2, 0.25) is 0 Å². The third kappa shape index (κ3) is 4.31. The molecule has 0 unspecified atom stereocenters. The number of rotatable bonds is 6. The Labute approximate surface area is 183 Å². The summed E-state index contributed by atoms with van der Waals surface area (Å²) >= 11 is 0. The van der Waals surface area contributed by atoms with E-state index in [9.17, 15) is 14.4 Å². The maximum atomic E-state index is 12.5. The van der Waals surface area contributed by atoms with E-state index >= 15 is 0 Å². The number of nitrogens with zero attached hydrogens (tertiary/aromatic N) is 3. The molecule has 2 N–H and O–H groups in total. The first-order valence-electron chi connectivity index (χ1n) is 9.74. The van der Waals surface area contributed by atoms with E-state index in [0.717, 1.165) is 11.3 Å². The van der Waals surface area contributed by atoms with Gasteiger partial charge < -0.3 is 15.4 Å². The second kappa shape index (κ2) is 9.09. The fourth-order valence-corrected chi connectivity index (χ4v) is 3.12. The molecule has 0 bridgehead atoms. The summed E-state index contributed by atoms with van der Waals surface area (Å²) in [4.78, 5) is 40.5. The summed E-state index contributed by atoms with van der Waals surface area (Å²) < 4.78 is 6.70. The molecule has 4 rings (SSSR count). The van der Waals surface area contributed by atoms with Gasteiger partial charge in [0.25, 0.3) is 11.8 Å². The molecule has 2 heterocycles. The highest BCUT2D eigenvalue weighted by atomic mass is 16.5. The summed E-state index contributed by atoms with van der Waals surface area (Å²) in [6.07, 6.45) is 2.96. The third-order valence-corrected chi connectivity index (χ3v) is 4.68. The van der Waals surface area contributed by atoms with Crippen molar-refractivity contribution in [1.29, 1.82) is 0 Å². The highest BCUT2D eigenvalue weighted by Gasteiger charge is 2.18. The molecule has 0 fully saturated rings. The number of ether oxygens (including phenoxy) is 1. The van der Waals surface area contributed by atoms with Crippen LogP contribution in [0, 0.1) is 0 Å². The second-order valence-corrected chi connectivity index (χ2v) is 6.77. The smallest absolute Gasteiger partial charge is 0.344 e. The molecule has 0 saturated carbocycles. The number of carbonyl (C=O) groups excluding carboxylic acids is 3. The standard InChI is InChI=1S/C23H19N5O4/c1-24-22(30)16-7-9-17(10-8-16)27-20(29)14-32-23(31)18-13-26-28-19(11-12-25-21(18)28)15-5-3-2-4-6-15/h2-13H,14H2,1H3,(H,24,30)(H,27,29). The van der Waals surface area contributed by atoms with Crippen molar-refractivity contribution in [1.82, 2.24) is 19.9 Å². The summed E-state index contributed by atoms with van der Waals surface area (Å²) in [5, 5.41) is 9.39. The molecule has 0 spiro atoms. The van der Waals surface area contributed by atoms with Crippen LogP contribution in [-0.4, -0.2) is 46.0 Å². The Morgan fingerprint density at radius 3 is 2.47 bits per heavy atom. The van der Waals surface area contributed by atoms with Gasteiger partial charge in [-0.2, -0.15) is 5.10 Å². The topological polar surface area (TPSA) is 115 Å². The number of nitrogens with one attached hydrogen (secondary N) is 2. The molecule has 0 aliphatic rings. The molecular weight excluding hydrogens is 410 g/mol. The molecule has 9 nitrogen and oxygen atoms in total. The Morgan fingerprint density at radius 2 is 1.75 bits per heavy atom. The number of amides is 2. The van der Waals surface area contributed by atoms with Crippen molar-refractivity contribution in [3.8, 4) is 11.3 Å². The summed E-state index contributed by atoms with van der Waals surface area (Å²) in [7, 11) is 1.54. The lowest BCUT2D eigenvalue weighted by atomic mass is 10.1. The molecule has 9 heteroatoms. The molecule has 160 valence electrons. The van der Waals surface area contributed by atoms with Gasteiger partial charge in [0.1, 0.15) is 5.56 Å². The van der Waals surface area contributed by atoms with Gasteiger partial charge in [-0.15, -0.1) is 0 Å². The van der Waals surface area contributed by atoms with Crippen LogP contribution in [0.3, 0.4) is 0 Å². The Hall–Kier alpha value is -4.53. The Morgan fingerprint density at radius 1 is 1.00 bits per heavy atom. The van der Waals surface area contributed by atoms with Crippen molar-refractivity contribution < 1.29 is 19.1 Å². The molecule has 0 saturated heterocycles. The van der Waals surface area contributed by atoms with Gasteiger partial charge in [0, 0.05) is 30.1 Å². The maximum Gasteiger partial charge on any atom is 0.344 e. The largest absolute Gasteiger partial charge is 0.452 e. The Kier molecular flexibility index (Phi) is 5.89. The van der Waals surface area contributed by atoms with E-state index in [1.807, 2.05) is 30.3 Å². The lowest BCUT2D eigenvalue weighted by Gasteiger charge is -2.07. The van der Waals surface area contributed by atoms with Crippen LogP contribution in [0.5, 0.6) is 0 Å². The minimum absolute atomic E-state index is 0.158. The Bertz CT molecular complexity index is 1280. The minimum atomic E-state index is -0.706. The van der Waals surface area contributed by atoms with Gasteiger partial charge in [-0.05, 0) is 30.3 Å². The van der Waals surface area contributed by atoms with E-state index in [1.165, 1.54) is 13.2 Å². The number of hydrogen-bond donors (Lipinski definition) is 2. The summed E-state index contributed by atoms with van der Waals surface area (Å²) in [5.74, 6) is -1.45. The van der Waals surface area contributed by atoms with Crippen molar-refractivity contribution in [2.45, 2.75) is 0 Å². The molecule has 2 aromatic heterocycles. The average molecular weight is 429 g/mol. The summed E-state index contributed by atoms with van der Waals surface area (Å²) in [6, 6.07) is 17.7. The number of esters is 1. The molecule has 4 aromatic rings. The fraction of sp³-hybridized carbons (Fsp3) is 0.0870. The van der Waals surface area contributed by atoms with Crippen LogP contribution in [0.15, 0.2) is 73.1 Å². The minimum Gasteiger partial charge on any atom is -0.452 e. The predicted molar refractivity (Wildman–Crippen MR) is 117 cm³/mol. The third-order valence-electron chi connectivity index (χ3n) is 4.68. The quantitative estimate of drug-likeness (QED) is 0.455. The van der Waals surface area contributed by atoms with E-state index < -0.39 is 18.5 Å². The van der Waals surface area contributed by atoms with Gasteiger partial charge in [-0.25, -0.2) is 14.3 Å². The van der Waals surface area contributed by atoms with Crippen LogP contribution in [0.25, 0.3) is 16.9 Å². The number of aromatic nitrogens is 3. The summed E-state index contributed by atoms with van der Waals surface area (Å²) in [5.41, 5.74) is 3.13. The van der Waals surface area contributed by atoms with Crippen molar-refractivity contribution in [3.63, 3.8) is 0 Å². The molecule has 0 radical (unpaired) electrons. The fourth-order valence-electron chi connectivity index (χ4n) is 3.12. The lowest BCUT2D eigenvalue weighted by Crippen LogP contribution is -2.21. The van der Waals surface area contributed by atoms with Crippen molar-refractivity contribution in [2.24, 2.45) is 0 Å². The predicted octanol–water partition coefficient (Wildman–Crippen LogP) is 2.55. The van der Waals surface area contributed by atoms with E-state index in [2.05, 4.69) is 20.7 Å². The first-order chi connectivity index (χ1) is 15.6. The number of hydrogen-bond acceptors (Lipinski definition) is 6. The van der Waals surface area contributed by atoms with Crippen LogP contribution in [0.1, 0.15) is 20.7 Å². The van der Waals surface area contributed by atoms with Crippen molar-refractivity contribution in [2.75, 3.05) is 19.0 Å². The van der Waals surface area contributed by atoms with E-state index in [4.69, 9.17) is 4.74 Å². The lowest BCUT2D eigenvalue weighted by molar-refractivity contribution is -0.119. The van der Waals surface area contributed by atoms with E-state index in [0.29, 0.717) is 16.9 Å². The monoisotopic (exact) mass is 429 g/mol. The number of benzene rings is 2. The second-order valence-electron chi connectivity index (χ2n) is 6.77. The molecule has 32 heavy (non-hydrogen) atoms. The van der Waals surface area contributed by atoms with Gasteiger partial charge in [-0.3, -0.25) is 9.59 Å². The zero-order chi connectivity index (χ0) is 22.5.